The minimum atomic E-state index is -0.984. The van der Waals surface area contributed by atoms with E-state index in [2.05, 4.69) is 6.07 Å². The Balaban J connectivity index is 0.00000300. The maximum atomic E-state index is 12.6. The molecule has 1 N–H and O–H groups in total. The first-order valence-electron chi connectivity index (χ1n) is 8.44. The van der Waals surface area contributed by atoms with Gasteiger partial charge in [-0.15, -0.1) is 12.1 Å². The minimum absolute atomic E-state index is 0. The van der Waals surface area contributed by atoms with Crippen LogP contribution in [0.25, 0.3) is 0 Å². The normalized spacial score (nSPS) is 10.3. The Morgan fingerprint density at radius 2 is 1.86 bits per heavy atom. The Morgan fingerprint density at radius 3 is 2.48 bits per heavy atom. The molecule has 8 heteroatoms. The Hall–Kier alpha value is -1.40. The van der Waals surface area contributed by atoms with Gasteiger partial charge in [-0.2, -0.15) is 18.2 Å². The van der Waals surface area contributed by atoms with Crippen LogP contribution in [0.4, 0.5) is 0 Å². The van der Waals surface area contributed by atoms with E-state index < -0.39 is 5.97 Å². The quantitative estimate of drug-likeness (QED) is 0.435. The van der Waals surface area contributed by atoms with E-state index in [-0.39, 0.29) is 64.0 Å². The van der Waals surface area contributed by atoms with E-state index >= 15 is 0 Å². The average Bonchev–Trinajstić information content (AvgIpc) is 2.70. The van der Waals surface area contributed by atoms with Gasteiger partial charge in [0.1, 0.15) is 11.6 Å². The number of hydrogen-bond donors (Lipinski definition) is 1. The number of carbonyl (C=O) groups is 1. The van der Waals surface area contributed by atoms with E-state index in [4.69, 9.17) is 33.0 Å². The van der Waals surface area contributed by atoms with Gasteiger partial charge in [0, 0.05) is 53.6 Å². The van der Waals surface area contributed by atoms with Crippen molar-refractivity contribution in [1.82, 2.24) is 4.57 Å². The molecule has 1 radical (unpaired) electrons. The van der Waals surface area contributed by atoms with Gasteiger partial charge >= 0.3 is 5.97 Å². The van der Waals surface area contributed by atoms with Crippen molar-refractivity contribution in [1.29, 1.82) is 0 Å². The largest absolute Gasteiger partial charge is 0.545 e. The smallest absolute Gasteiger partial charge is 0.335 e. The van der Waals surface area contributed by atoms with Crippen LogP contribution in [0.15, 0.2) is 59.4 Å². The van der Waals surface area contributed by atoms with Crippen LogP contribution >= 0.6 is 23.2 Å². The topological polar surface area (TPSA) is 68.5 Å². The van der Waals surface area contributed by atoms with Crippen molar-refractivity contribution < 1.29 is 55.9 Å². The average molecular weight is 558 g/mol. The molecule has 0 aliphatic heterocycles. The predicted molar refractivity (Wildman–Crippen MR) is 107 cm³/mol. The Labute approximate surface area is 211 Å². The molecule has 3 aromatic rings. The summed E-state index contributed by atoms with van der Waals surface area (Å²) in [6, 6.07) is 17.9. The van der Waals surface area contributed by atoms with Gasteiger partial charge in [0.2, 0.25) is 0 Å². The third-order valence-corrected chi connectivity index (χ3v) is 4.78. The molecule has 0 saturated carbocycles. The van der Waals surface area contributed by atoms with Gasteiger partial charge in [0.15, 0.2) is 0 Å². The summed E-state index contributed by atoms with van der Waals surface area (Å²) in [5.74, 6) is -0.376. The van der Waals surface area contributed by atoms with Gasteiger partial charge < -0.3 is 14.4 Å². The van der Waals surface area contributed by atoms with Crippen molar-refractivity contribution in [2.24, 2.45) is 0 Å². The zero-order chi connectivity index (χ0) is 20.1. The number of nitrogens with zero attached hydrogens (tertiary/aromatic N) is 1. The van der Waals surface area contributed by atoms with Crippen LogP contribution in [0.5, 0.6) is 5.75 Å². The number of pyridine rings is 1. The van der Waals surface area contributed by atoms with Crippen LogP contribution in [-0.4, -0.2) is 15.6 Å². The fourth-order valence-electron chi connectivity index (χ4n) is 2.69. The molecule has 1 heterocycles. The third kappa shape index (κ3) is 6.29. The molecule has 0 unspecified atom stereocenters. The predicted octanol–water partition coefficient (Wildman–Crippen LogP) is 4.48. The summed E-state index contributed by atoms with van der Waals surface area (Å²) in [5.41, 5.74) is 1.26. The molecule has 0 atom stereocenters. The zero-order valence-electron chi connectivity index (χ0n) is 15.3. The summed E-state index contributed by atoms with van der Waals surface area (Å²) in [6.07, 6.45) is 0.503. The molecular weight excluding hydrogens is 542 g/mol. The number of hydrogen-bond acceptors (Lipinski definition) is 3. The first-order valence-corrected chi connectivity index (χ1v) is 9.20. The van der Waals surface area contributed by atoms with Crippen molar-refractivity contribution >= 4 is 29.2 Å². The molecule has 0 aliphatic rings. The number of carboxylic acids is 1. The molecule has 2 aromatic carbocycles. The summed E-state index contributed by atoms with van der Waals surface area (Å²) >= 11 is 12.3. The van der Waals surface area contributed by atoms with Gasteiger partial charge in [-0.25, -0.2) is 4.79 Å². The number of halogens is 2. The standard InChI is InChI=1S/C21H16Cl2NO4.Pr/c22-17-12-18(23)20(25)24(19(17)13-28-16-4-2-1-3-5-16)11-10-14-6-8-15(9-7-14)21(26)27;/h1-2,4-9,12H,10-11,13H2,(H,26,27);/q-1;. The molecule has 0 amide bonds. The molecule has 5 nitrogen and oxygen atoms in total. The molecule has 1 aromatic heterocycles. The number of aromatic carboxylic acids is 1. The second-order valence-electron chi connectivity index (χ2n) is 6.02. The van der Waals surface area contributed by atoms with Gasteiger partial charge in [-0.3, -0.25) is 4.79 Å². The number of aryl methyl sites for hydroxylation is 1. The third-order valence-electron chi connectivity index (χ3n) is 4.18. The van der Waals surface area contributed by atoms with Gasteiger partial charge in [-0.05, 0) is 30.2 Å². The van der Waals surface area contributed by atoms with Crippen LogP contribution in [0, 0.1) is 47.4 Å². The molecule has 0 bridgehead atoms. The number of ether oxygens (including phenoxy) is 1. The molecule has 147 valence electrons. The fourth-order valence-corrected chi connectivity index (χ4v) is 3.23. The Bertz CT molecular complexity index is 1040. The van der Waals surface area contributed by atoms with E-state index in [0.29, 0.717) is 29.4 Å². The molecule has 0 saturated heterocycles. The van der Waals surface area contributed by atoms with Crippen LogP contribution < -0.4 is 10.3 Å². The van der Waals surface area contributed by atoms with E-state index in [1.807, 2.05) is 0 Å². The maximum Gasteiger partial charge on any atom is 0.335 e. The summed E-state index contributed by atoms with van der Waals surface area (Å²) in [4.78, 5) is 23.5. The molecule has 0 aliphatic carbocycles. The number of carboxylic acid groups (broad SMARTS) is 1. The van der Waals surface area contributed by atoms with Crippen molar-refractivity contribution in [3.63, 3.8) is 0 Å². The van der Waals surface area contributed by atoms with E-state index in [1.54, 1.807) is 36.4 Å². The van der Waals surface area contributed by atoms with Crippen molar-refractivity contribution in [2.75, 3.05) is 0 Å². The van der Waals surface area contributed by atoms with Gasteiger partial charge in [0.25, 0.3) is 5.56 Å². The monoisotopic (exact) mass is 557 g/mol. The molecular formula is C21H16Cl2NO4Pr-. The molecule has 3 rings (SSSR count). The molecule has 0 spiro atoms. The summed E-state index contributed by atoms with van der Waals surface area (Å²) in [7, 11) is 0. The molecule has 0 fully saturated rings. The summed E-state index contributed by atoms with van der Waals surface area (Å²) in [6.45, 7) is 0.423. The first kappa shape index (κ1) is 23.9. The van der Waals surface area contributed by atoms with Crippen LogP contribution in [-0.2, 0) is 19.6 Å². The number of aromatic nitrogens is 1. The van der Waals surface area contributed by atoms with E-state index in [1.165, 1.54) is 22.8 Å². The van der Waals surface area contributed by atoms with Gasteiger partial charge in [0.05, 0.1) is 16.3 Å². The first-order chi connectivity index (χ1) is 13.5. The SMILES string of the molecule is O=C(O)c1ccc(CCn2c(COc3c[c-]ccc3)c(Cl)cc(Cl)c2=O)cc1.[Pr]. The van der Waals surface area contributed by atoms with Crippen molar-refractivity contribution in [3.8, 4) is 5.75 Å². The fraction of sp³-hybridized carbons (Fsp3) is 0.143. The Kier molecular flexibility index (Phi) is 9.16. The summed E-state index contributed by atoms with van der Waals surface area (Å²) in [5, 5.41) is 9.35. The second kappa shape index (κ2) is 11.1. The zero-order valence-corrected chi connectivity index (χ0v) is 20.5. The molecule has 29 heavy (non-hydrogen) atoms. The number of rotatable bonds is 7. The number of benzene rings is 2. The van der Waals surface area contributed by atoms with Crippen LogP contribution in [0.3, 0.4) is 0 Å². The van der Waals surface area contributed by atoms with Gasteiger partial charge in [-0.1, -0.05) is 35.3 Å². The second-order valence-corrected chi connectivity index (χ2v) is 6.84. The van der Waals surface area contributed by atoms with Crippen LogP contribution in [0.2, 0.25) is 10.0 Å². The maximum absolute atomic E-state index is 12.6. The van der Waals surface area contributed by atoms with E-state index in [9.17, 15) is 9.59 Å². The van der Waals surface area contributed by atoms with E-state index in [0.717, 1.165) is 5.56 Å². The summed E-state index contributed by atoms with van der Waals surface area (Å²) < 4.78 is 7.21. The van der Waals surface area contributed by atoms with Crippen molar-refractivity contribution in [2.45, 2.75) is 19.6 Å². The minimum Gasteiger partial charge on any atom is -0.545 e. The van der Waals surface area contributed by atoms with Crippen molar-refractivity contribution in [3.05, 3.63) is 97.9 Å². The Morgan fingerprint density at radius 1 is 1.14 bits per heavy atom. The van der Waals surface area contributed by atoms with Crippen LogP contribution in [0.1, 0.15) is 21.6 Å².